The van der Waals surface area contributed by atoms with Crippen LogP contribution in [0, 0.1) is 12.4 Å². The number of piperazine rings is 1. The van der Waals surface area contributed by atoms with Crippen molar-refractivity contribution < 1.29 is 18.3 Å². The Morgan fingerprint density at radius 3 is 2.77 bits per heavy atom. The highest BCUT2D eigenvalue weighted by molar-refractivity contribution is 5.93. The summed E-state index contributed by atoms with van der Waals surface area (Å²) in [7, 11) is 2.05. The van der Waals surface area contributed by atoms with Gasteiger partial charge in [-0.3, -0.25) is 9.78 Å². The van der Waals surface area contributed by atoms with Gasteiger partial charge in [0.15, 0.2) is 11.6 Å². The minimum Gasteiger partial charge on any atom is -0.462 e. The molecular weight excluding hydrogens is 564 g/mol. The van der Waals surface area contributed by atoms with Gasteiger partial charge in [-0.25, -0.2) is 15.4 Å². The van der Waals surface area contributed by atoms with Crippen LogP contribution in [0.2, 0.25) is 0 Å². The molecule has 2 fully saturated rings. The van der Waals surface area contributed by atoms with Crippen LogP contribution in [-0.2, 0) is 16.6 Å². The van der Waals surface area contributed by atoms with E-state index in [1.54, 1.807) is 6.20 Å². The Balaban J connectivity index is 1.43. The molecule has 1 aromatic carbocycles. The number of hydrogen-bond donors (Lipinski definition) is 0. The van der Waals surface area contributed by atoms with Crippen molar-refractivity contribution in [3.05, 3.63) is 65.2 Å². The molecule has 0 unspecified atom stereocenters. The normalized spacial score (nSPS) is 21.4. The lowest BCUT2D eigenvalue weighted by molar-refractivity contribution is -0.131. The van der Waals surface area contributed by atoms with Crippen molar-refractivity contribution in [1.82, 2.24) is 24.8 Å². The largest absolute Gasteiger partial charge is 0.462 e. The zero-order chi connectivity index (χ0) is 31.2. The van der Waals surface area contributed by atoms with Crippen molar-refractivity contribution >= 4 is 22.6 Å². The zero-order valence-electron chi connectivity index (χ0n) is 25.4. The van der Waals surface area contributed by atoms with E-state index < -0.39 is 23.6 Å². The zero-order valence-corrected chi connectivity index (χ0v) is 25.4. The van der Waals surface area contributed by atoms with Gasteiger partial charge in [-0.1, -0.05) is 38.6 Å². The third-order valence-electron chi connectivity index (χ3n) is 9.46. The van der Waals surface area contributed by atoms with Gasteiger partial charge in [0.2, 0.25) is 6.54 Å². The van der Waals surface area contributed by atoms with E-state index in [2.05, 4.69) is 53.3 Å². The van der Waals surface area contributed by atoms with Crippen molar-refractivity contribution in [3.8, 4) is 17.3 Å². The fourth-order valence-electron chi connectivity index (χ4n) is 6.89. The summed E-state index contributed by atoms with van der Waals surface area (Å²) in [6.07, 6.45) is 5.48. The van der Waals surface area contributed by atoms with Crippen LogP contribution in [0.5, 0.6) is 6.01 Å². The van der Waals surface area contributed by atoms with E-state index in [0.717, 1.165) is 43.4 Å². The van der Waals surface area contributed by atoms with Gasteiger partial charge in [0.1, 0.15) is 29.7 Å². The van der Waals surface area contributed by atoms with Gasteiger partial charge in [-0.15, -0.1) is 0 Å². The smallest absolute Gasteiger partial charge is 0.319 e. The first-order valence-corrected chi connectivity index (χ1v) is 15.1. The maximum atomic E-state index is 16.6. The first kappa shape index (κ1) is 29.9. The van der Waals surface area contributed by atoms with Crippen molar-refractivity contribution in [1.29, 1.82) is 0 Å². The molecule has 0 saturated carbocycles. The van der Waals surface area contributed by atoms with Crippen molar-refractivity contribution in [2.75, 3.05) is 51.3 Å². The number of hydrogen-bond acceptors (Lipinski definition) is 7. The maximum Gasteiger partial charge on any atom is 0.319 e. The van der Waals surface area contributed by atoms with Crippen molar-refractivity contribution in [3.63, 3.8) is 0 Å². The Morgan fingerprint density at radius 1 is 1.23 bits per heavy atom. The number of rotatable bonds is 7. The van der Waals surface area contributed by atoms with Crippen LogP contribution < -0.4 is 9.64 Å². The second-order valence-electron chi connectivity index (χ2n) is 12.7. The second kappa shape index (κ2) is 11.7. The Bertz CT molecular complexity index is 1670. The predicted molar refractivity (Wildman–Crippen MR) is 165 cm³/mol. The molecule has 11 heteroatoms. The molecule has 9 nitrogen and oxygen atoms in total. The molecule has 0 spiro atoms. The van der Waals surface area contributed by atoms with Gasteiger partial charge in [0.05, 0.1) is 5.39 Å². The molecular formula is C33H37F2N7O2. The van der Waals surface area contributed by atoms with E-state index in [-0.39, 0.29) is 54.9 Å². The summed E-state index contributed by atoms with van der Waals surface area (Å²) in [5.74, 6) is -2.04. The van der Waals surface area contributed by atoms with Gasteiger partial charge < -0.3 is 24.3 Å². The number of likely N-dealkylation sites (N-methyl/N-ethyl adjacent to an activating group) is 1. The van der Waals surface area contributed by atoms with E-state index in [0.29, 0.717) is 17.8 Å². The molecule has 3 aromatic rings. The number of halogens is 2. The summed E-state index contributed by atoms with van der Waals surface area (Å²) in [5.41, 5.74) is 3.41. The molecule has 1 aliphatic carbocycles. The Hall–Kier alpha value is -4.17. The SMILES string of the molecule is [C-]#[N+]C[C@H]1CN(c2nc(OC[C@@H]3CCCN3C)nc3c(F)c(-c4cccc5c4CCC5(C)C)ncc23)CCN1C(=O)C(=C)F. The summed E-state index contributed by atoms with van der Waals surface area (Å²) in [4.78, 5) is 35.3. The molecule has 4 heterocycles. The number of fused-ring (bicyclic) bond motifs is 2. The molecule has 3 aliphatic rings. The minimum atomic E-state index is -1.07. The number of likely N-dealkylation sites (tertiary alicyclic amines) is 1. The van der Waals surface area contributed by atoms with Crippen LogP contribution in [0.1, 0.15) is 44.2 Å². The third-order valence-corrected chi connectivity index (χ3v) is 9.46. The fourth-order valence-corrected chi connectivity index (χ4v) is 6.89. The number of nitrogens with zero attached hydrogens (tertiary/aromatic N) is 7. The van der Waals surface area contributed by atoms with Crippen molar-refractivity contribution in [2.45, 2.75) is 57.0 Å². The van der Waals surface area contributed by atoms with Gasteiger partial charge in [-0.2, -0.15) is 9.97 Å². The lowest BCUT2D eigenvalue weighted by atomic mass is 9.86. The molecule has 2 aliphatic heterocycles. The molecule has 6 rings (SSSR count). The van der Waals surface area contributed by atoms with Gasteiger partial charge in [0.25, 0.3) is 5.91 Å². The first-order valence-electron chi connectivity index (χ1n) is 15.1. The summed E-state index contributed by atoms with van der Waals surface area (Å²) in [6.45, 7) is 16.9. The number of carbonyl (C=O) groups is 1. The molecule has 2 atom stereocenters. The standard InChI is InChI=1S/C33H37F2N7O2/c1-20(34)31(43)42-15-14-41(18-22(42)16-36-4)30-25-17-37-28(24-9-6-10-26-23(24)11-12-33(26,2)3)27(35)29(25)38-32(39-30)44-19-21-8-7-13-40(21)5/h6,9-10,17,21-22H,1,7-8,11-16,18-19H2,2-3,5H3/t21-,22-/m0/s1. The Kier molecular flexibility index (Phi) is 7.97. The molecule has 1 amide bonds. The average Bonchev–Trinajstić information content (AvgIpc) is 3.57. The molecule has 2 saturated heterocycles. The summed E-state index contributed by atoms with van der Waals surface area (Å²) in [5, 5.41) is 0.403. The van der Waals surface area contributed by atoms with Crippen molar-refractivity contribution in [2.24, 2.45) is 0 Å². The molecule has 0 radical (unpaired) electrons. The number of anilines is 1. The highest BCUT2D eigenvalue weighted by Gasteiger charge is 2.36. The van der Waals surface area contributed by atoms with E-state index in [1.165, 1.54) is 10.5 Å². The predicted octanol–water partition coefficient (Wildman–Crippen LogP) is 4.95. The molecule has 0 bridgehead atoms. The minimum absolute atomic E-state index is 0.00232. The number of aromatic nitrogens is 3. The molecule has 0 N–H and O–H groups in total. The van der Waals surface area contributed by atoms with Crippen LogP contribution in [-0.4, -0.2) is 89.1 Å². The Labute approximate surface area is 256 Å². The van der Waals surface area contributed by atoms with Crippen LogP contribution >= 0.6 is 0 Å². The third kappa shape index (κ3) is 5.36. The van der Waals surface area contributed by atoms with Crippen LogP contribution in [0.4, 0.5) is 14.6 Å². The van der Waals surface area contributed by atoms with Crippen LogP contribution in [0.15, 0.2) is 36.8 Å². The van der Waals surface area contributed by atoms with Gasteiger partial charge in [0, 0.05) is 37.4 Å². The van der Waals surface area contributed by atoms with Crippen LogP contribution in [0.25, 0.3) is 27.0 Å². The van der Waals surface area contributed by atoms with E-state index in [4.69, 9.17) is 16.3 Å². The van der Waals surface area contributed by atoms with Gasteiger partial charge in [-0.05, 0) is 55.8 Å². The summed E-state index contributed by atoms with van der Waals surface area (Å²) in [6, 6.07) is 5.64. The summed E-state index contributed by atoms with van der Waals surface area (Å²) < 4.78 is 36.5. The number of pyridine rings is 1. The number of amides is 1. The van der Waals surface area contributed by atoms with E-state index in [1.807, 2.05) is 17.0 Å². The molecule has 230 valence electrons. The van der Waals surface area contributed by atoms with E-state index >= 15 is 4.39 Å². The second-order valence-corrected chi connectivity index (χ2v) is 12.7. The Morgan fingerprint density at radius 2 is 2.05 bits per heavy atom. The first-order chi connectivity index (χ1) is 21.1. The lowest BCUT2D eigenvalue weighted by Gasteiger charge is -2.39. The summed E-state index contributed by atoms with van der Waals surface area (Å²) >= 11 is 0. The number of ether oxygens (including phenoxy) is 1. The van der Waals surface area contributed by atoms with Gasteiger partial charge >= 0.3 is 6.01 Å². The quantitative estimate of drug-likeness (QED) is 0.280. The van der Waals surface area contributed by atoms with E-state index in [9.17, 15) is 9.18 Å². The fraction of sp³-hybridized carbons (Fsp3) is 0.485. The maximum absolute atomic E-state index is 16.6. The average molecular weight is 602 g/mol. The lowest BCUT2D eigenvalue weighted by Crippen LogP contribution is -2.56. The highest BCUT2D eigenvalue weighted by Crippen LogP contribution is 2.43. The number of benzene rings is 1. The van der Waals surface area contributed by atoms with Crippen LogP contribution in [0.3, 0.4) is 0 Å². The highest BCUT2D eigenvalue weighted by atomic mass is 19.1. The molecule has 44 heavy (non-hydrogen) atoms. The monoisotopic (exact) mass is 601 g/mol. The molecule has 2 aromatic heterocycles. The number of carbonyl (C=O) groups excluding carboxylic acids is 1. The topological polar surface area (TPSA) is 79.1 Å².